The van der Waals surface area contributed by atoms with Crippen LogP contribution >= 0.6 is 11.6 Å². The Kier molecular flexibility index (Phi) is 3.79. The van der Waals surface area contributed by atoms with E-state index < -0.39 is 5.97 Å². The number of carboxylic acid groups (broad SMARTS) is 1. The van der Waals surface area contributed by atoms with E-state index in [0.717, 1.165) is 0 Å². The zero-order valence-electron chi connectivity index (χ0n) is 7.53. The average molecular weight is 217 g/mol. The molecule has 1 aromatic heterocycles. The number of ether oxygens (including phenoxy) is 1. The monoisotopic (exact) mass is 216 g/mol. The number of hydrogen-bond acceptors (Lipinski definition) is 4. The van der Waals surface area contributed by atoms with E-state index in [0.29, 0.717) is 12.4 Å². The molecule has 0 atom stereocenters. The van der Waals surface area contributed by atoms with Gasteiger partial charge in [-0.25, -0.2) is 14.8 Å². The van der Waals surface area contributed by atoms with Crippen LogP contribution in [-0.4, -0.2) is 27.7 Å². The molecule has 0 fully saturated rings. The lowest BCUT2D eigenvalue weighted by Crippen LogP contribution is -2.07. The number of aromatic carboxylic acids is 1. The zero-order chi connectivity index (χ0) is 10.6. The van der Waals surface area contributed by atoms with E-state index in [1.807, 2.05) is 6.92 Å². The molecule has 6 heteroatoms. The first-order chi connectivity index (χ1) is 6.65. The molecule has 0 bridgehead atoms. The first-order valence-electron chi connectivity index (χ1n) is 3.97. The predicted molar refractivity (Wildman–Crippen MR) is 49.3 cm³/mol. The van der Waals surface area contributed by atoms with Gasteiger partial charge in [-0.2, -0.15) is 0 Å². The summed E-state index contributed by atoms with van der Waals surface area (Å²) in [7, 11) is 0. The van der Waals surface area contributed by atoms with E-state index >= 15 is 0 Å². The van der Waals surface area contributed by atoms with Gasteiger partial charge in [-0.1, -0.05) is 11.6 Å². The summed E-state index contributed by atoms with van der Waals surface area (Å²) in [5, 5.41) is 8.73. The second-order valence-corrected chi connectivity index (χ2v) is 2.83. The Morgan fingerprint density at radius 2 is 2.43 bits per heavy atom. The third-order valence-corrected chi connectivity index (χ3v) is 1.71. The average Bonchev–Trinajstić information content (AvgIpc) is 2.16. The molecule has 0 unspecified atom stereocenters. The minimum Gasteiger partial charge on any atom is -0.476 e. The van der Waals surface area contributed by atoms with Crippen molar-refractivity contribution in [1.82, 2.24) is 9.97 Å². The third-order valence-electron chi connectivity index (χ3n) is 1.43. The minimum atomic E-state index is -1.17. The van der Waals surface area contributed by atoms with Crippen molar-refractivity contribution in [2.24, 2.45) is 0 Å². The molecule has 14 heavy (non-hydrogen) atoms. The highest BCUT2D eigenvalue weighted by molar-refractivity contribution is 6.33. The number of halogens is 1. The van der Waals surface area contributed by atoms with Crippen molar-refractivity contribution in [3.05, 3.63) is 22.7 Å². The smallest absolute Gasteiger partial charge is 0.356 e. The van der Waals surface area contributed by atoms with Crippen molar-refractivity contribution in [3.63, 3.8) is 0 Å². The van der Waals surface area contributed by atoms with Gasteiger partial charge in [0.2, 0.25) is 0 Å². The van der Waals surface area contributed by atoms with Crippen molar-refractivity contribution >= 4 is 17.6 Å². The lowest BCUT2D eigenvalue weighted by atomic mass is 10.4. The van der Waals surface area contributed by atoms with E-state index in [-0.39, 0.29) is 17.3 Å². The molecule has 1 rings (SSSR count). The Morgan fingerprint density at radius 3 is 3.00 bits per heavy atom. The Bertz CT molecular complexity index is 343. The summed E-state index contributed by atoms with van der Waals surface area (Å²) in [5.74, 6) is -0.858. The molecule has 5 nitrogen and oxygen atoms in total. The molecule has 0 aliphatic carbocycles. The second-order valence-electron chi connectivity index (χ2n) is 2.43. The molecule has 1 heterocycles. The van der Waals surface area contributed by atoms with E-state index in [9.17, 15) is 4.79 Å². The number of nitrogens with zero attached hydrogens (tertiary/aromatic N) is 2. The van der Waals surface area contributed by atoms with Gasteiger partial charge in [-0.3, -0.25) is 0 Å². The van der Waals surface area contributed by atoms with Crippen LogP contribution in [-0.2, 0) is 11.3 Å². The van der Waals surface area contributed by atoms with Gasteiger partial charge >= 0.3 is 5.97 Å². The first-order valence-corrected chi connectivity index (χ1v) is 4.35. The van der Waals surface area contributed by atoms with Crippen LogP contribution in [0.15, 0.2) is 6.20 Å². The molecule has 76 valence electrons. The van der Waals surface area contributed by atoms with Gasteiger partial charge in [-0.05, 0) is 6.92 Å². The SMILES string of the molecule is CCOCc1ncc(Cl)c(C(=O)O)n1. The molecule has 0 amide bonds. The molecule has 1 aromatic rings. The molecule has 0 aliphatic rings. The maximum Gasteiger partial charge on any atom is 0.356 e. The Morgan fingerprint density at radius 1 is 1.71 bits per heavy atom. The summed E-state index contributed by atoms with van der Waals surface area (Å²) in [6, 6.07) is 0. The lowest BCUT2D eigenvalue weighted by Gasteiger charge is -2.02. The van der Waals surface area contributed by atoms with E-state index in [2.05, 4.69) is 9.97 Å². The number of hydrogen-bond donors (Lipinski definition) is 1. The maximum atomic E-state index is 10.6. The fourth-order valence-corrected chi connectivity index (χ4v) is 0.988. The minimum absolute atomic E-state index is 0.0257. The number of aromatic nitrogens is 2. The normalized spacial score (nSPS) is 10.1. The van der Waals surface area contributed by atoms with Crippen molar-refractivity contribution < 1.29 is 14.6 Å². The fourth-order valence-electron chi connectivity index (χ4n) is 0.817. The third kappa shape index (κ3) is 2.65. The van der Waals surface area contributed by atoms with Crippen LogP contribution < -0.4 is 0 Å². The Balaban J connectivity index is 2.89. The van der Waals surface area contributed by atoms with Crippen LogP contribution in [0.1, 0.15) is 23.2 Å². The van der Waals surface area contributed by atoms with E-state index in [4.69, 9.17) is 21.4 Å². The van der Waals surface area contributed by atoms with Gasteiger partial charge in [-0.15, -0.1) is 0 Å². The van der Waals surface area contributed by atoms with Crippen molar-refractivity contribution in [2.45, 2.75) is 13.5 Å². The van der Waals surface area contributed by atoms with Gasteiger partial charge in [0.15, 0.2) is 11.5 Å². The second kappa shape index (κ2) is 4.88. The Labute approximate surface area is 85.7 Å². The predicted octanol–water partition coefficient (Wildman–Crippen LogP) is 1.36. The molecule has 1 N–H and O–H groups in total. The lowest BCUT2D eigenvalue weighted by molar-refractivity contribution is 0.0688. The van der Waals surface area contributed by atoms with Crippen LogP contribution in [0, 0.1) is 0 Å². The van der Waals surface area contributed by atoms with Crippen LogP contribution in [0.25, 0.3) is 0 Å². The van der Waals surface area contributed by atoms with E-state index in [1.165, 1.54) is 6.20 Å². The molecular weight excluding hydrogens is 208 g/mol. The Hall–Kier alpha value is -1.20. The molecule has 0 aliphatic heterocycles. The fraction of sp³-hybridized carbons (Fsp3) is 0.375. The quantitative estimate of drug-likeness (QED) is 0.823. The van der Waals surface area contributed by atoms with Gasteiger partial charge < -0.3 is 9.84 Å². The standard InChI is InChI=1S/C8H9ClN2O3/c1-2-14-4-6-10-3-5(9)7(11-6)8(12)13/h3H,2,4H2,1H3,(H,12,13). The van der Waals surface area contributed by atoms with Gasteiger partial charge in [0.1, 0.15) is 6.61 Å². The van der Waals surface area contributed by atoms with Crippen LogP contribution in [0.3, 0.4) is 0 Å². The summed E-state index contributed by atoms with van der Waals surface area (Å²) in [6.07, 6.45) is 1.26. The molecular formula is C8H9ClN2O3. The summed E-state index contributed by atoms with van der Waals surface area (Å²) >= 11 is 5.58. The molecule has 0 spiro atoms. The van der Waals surface area contributed by atoms with Gasteiger partial charge in [0.05, 0.1) is 11.2 Å². The largest absolute Gasteiger partial charge is 0.476 e. The molecule has 0 aromatic carbocycles. The van der Waals surface area contributed by atoms with Crippen molar-refractivity contribution in [3.8, 4) is 0 Å². The summed E-state index contributed by atoms with van der Waals surface area (Å²) in [6.45, 7) is 2.54. The van der Waals surface area contributed by atoms with Crippen molar-refractivity contribution in [2.75, 3.05) is 6.61 Å². The molecule has 0 saturated carbocycles. The maximum absolute atomic E-state index is 10.6. The van der Waals surface area contributed by atoms with Crippen LogP contribution in [0.2, 0.25) is 5.02 Å². The van der Waals surface area contributed by atoms with Gasteiger partial charge in [0, 0.05) is 6.61 Å². The summed E-state index contributed by atoms with van der Waals surface area (Å²) < 4.78 is 5.03. The summed E-state index contributed by atoms with van der Waals surface area (Å²) in [4.78, 5) is 18.2. The highest BCUT2D eigenvalue weighted by atomic mass is 35.5. The summed E-state index contributed by atoms with van der Waals surface area (Å²) in [5.41, 5.74) is -0.198. The first kappa shape index (κ1) is 10.9. The van der Waals surface area contributed by atoms with Crippen molar-refractivity contribution in [1.29, 1.82) is 0 Å². The molecule has 0 saturated heterocycles. The highest BCUT2D eigenvalue weighted by Crippen LogP contribution is 2.12. The number of carbonyl (C=O) groups is 1. The zero-order valence-corrected chi connectivity index (χ0v) is 8.28. The van der Waals surface area contributed by atoms with Crippen LogP contribution in [0.5, 0.6) is 0 Å². The number of carboxylic acids is 1. The van der Waals surface area contributed by atoms with Crippen LogP contribution in [0.4, 0.5) is 0 Å². The highest BCUT2D eigenvalue weighted by Gasteiger charge is 2.12. The topological polar surface area (TPSA) is 72.3 Å². The van der Waals surface area contributed by atoms with Gasteiger partial charge in [0.25, 0.3) is 0 Å². The molecule has 0 radical (unpaired) electrons. The number of rotatable bonds is 4. The van der Waals surface area contributed by atoms with E-state index in [1.54, 1.807) is 0 Å².